The second kappa shape index (κ2) is 11.2. The van der Waals surface area contributed by atoms with E-state index in [2.05, 4.69) is 0 Å². The molecule has 2 N–H and O–H groups in total. The number of aliphatic hydroxyl groups is 1. The third-order valence-corrected chi connectivity index (χ3v) is 8.29. The van der Waals surface area contributed by atoms with Crippen LogP contribution in [0.1, 0.15) is 29.8 Å². The molecule has 0 amide bonds. The van der Waals surface area contributed by atoms with Crippen LogP contribution in [-0.4, -0.2) is 45.3 Å². The van der Waals surface area contributed by atoms with Gasteiger partial charge in [-0.15, -0.1) is 0 Å². The van der Waals surface area contributed by atoms with Crippen LogP contribution in [0.25, 0.3) is 0 Å². The number of alkyl halides is 1. The second-order valence-electron chi connectivity index (χ2n) is 9.21. The van der Waals surface area contributed by atoms with Gasteiger partial charge in [-0.2, -0.15) is 0 Å². The van der Waals surface area contributed by atoms with E-state index in [9.17, 15) is 19.3 Å². The number of halogens is 1. The molecule has 5 atom stereocenters. The molecule has 3 aromatic rings. The lowest BCUT2D eigenvalue weighted by Crippen LogP contribution is -2.43. The van der Waals surface area contributed by atoms with E-state index in [4.69, 9.17) is 13.8 Å². The molecule has 1 aliphatic heterocycles. The van der Waals surface area contributed by atoms with Crippen molar-refractivity contribution in [3.05, 3.63) is 104 Å². The fourth-order valence-electron chi connectivity index (χ4n) is 4.17. The summed E-state index contributed by atoms with van der Waals surface area (Å²) in [5.41, 5.74) is -1.18. The Kier molecular flexibility index (Phi) is 8.26. The topological polar surface area (TPSA) is 120 Å². The highest BCUT2D eigenvalue weighted by Crippen LogP contribution is 2.51. The number of hydrogen-bond donors (Lipinski definition) is 2. The molecule has 0 radical (unpaired) electrons. The van der Waals surface area contributed by atoms with Gasteiger partial charge in [0, 0.05) is 12.3 Å². The molecule has 37 heavy (non-hydrogen) atoms. The van der Waals surface area contributed by atoms with Crippen molar-refractivity contribution in [2.24, 2.45) is 0 Å². The van der Waals surface area contributed by atoms with Crippen LogP contribution in [0, 0.1) is 6.92 Å². The summed E-state index contributed by atoms with van der Waals surface area (Å²) in [6.45, 7) is 2.61. The maximum absolute atomic E-state index is 15.5. The van der Waals surface area contributed by atoms with Crippen molar-refractivity contribution < 1.29 is 27.8 Å². The number of hydrogen-bond acceptors (Lipinski definition) is 7. The summed E-state index contributed by atoms with van der Waals surface area (Å²) >= 11 is 0. The molecule has 0 bridgehead atoms. The van der Waals surface area contributed by atoms with Crippen LogP contribution in [-0.2, 0) is 31.4 Å². The first kappa shape index (κ1) is 27.2. The van der Waals surface area contributed by atoms with Crippen molar-refractivity contribution in [1.82, 2.24) is 9.55 Å². The van der Waals surface area contributed by atoms with Crippen molar-refractivity contribution >= 4 is 7.60 Å². The lowest BCUT2D eigenvalue weighted by molar-refractivity contribution is -0.0597. The zero-order valence-electron chi connectivity index (χ0n) is 20.6. The maximum atomic E-state index is 15.5. The first-order valence-electron chi connectivity index (χ1n) is 11.9. The summed E-state index contributed by atoms with van der Waals surface area (Å²) in [4.78, 5) is 25.6. The van der Waals surface area contributed by atoms with E-state index in [-0.39, 0.29) is 12.8 Å². The molecule has 0 spiro atoms. The van der Waals surface area contributed by atoms with Crippen LogP contribution < -0.4 is 11.2 Å². The van der Waals surface area contributed by atoms with Gasteiger partial charge in [-0.1, -0.05) is 54.6 Å². The van der Waals surface area contributed by atoms with Gasteiger partial charge in [0.25, 0.3) is 5.56 Å². The van der Waals surface area contributed by atoms with Crippen molar-refractivity contribution in [3.63, 3.8) is 0 Å². The van der Waals surface area contributed by atoms with Crippen molar-refractivity contribution in [2.75, 3.05) is 12.8 Å². The molecule has 1 aliphatic rings. The summed E-state index contributed by atoms with van der Waals surface area (Å²) in [5, 5.41) is 10.6. The Labute approximate surface area is 213 Å². The van der Waals surface area contributed by atoms with Gasteiger partial charge in [0.1, 0.15) is 12.2 Å². The lowest BCUT2D eigenvalue weighted by Gasteiger charge is -2.24. The summed E-state index contributed by atoms with van der Waals surface area (Å²) in [7, 11) is -3.73. The number of aromatic amines is 1. The molecule has 1 saturated heterocycles. The number of nitrogens with one attached hydrogen (secondary N) is 1. The summed E-state index contributed by atoms with van der Waals surface area (Å²) in [6, 6.07) is 18.0. The first-order chi connectivity index (χ1) is 17.6. The summed E-state index contributed by atoms with van der Waals surface area (Å²) < 4.78 is 47.3. The number of aliphatic hydroxyl groups excluding tert-OH is 1. The fourth-order valence-corrected chi connectivity index (χ4v) is 5.74. The number of aromatic nitrogens is 2. The Bertz CT molecular complexity index is 1370. The van der Waals surface area contributed by atoms with Gasteiger partial charge in [-0.3, -0.25) is 18.9 Å². The molecule has 11 heteroatoms. The first-order valence-corrected chi connectivity index (χ1v) is 13.6. The predicted octanol–water partition coefficient (Wildman–Crippen LogP) is 3.50. The van der Waals surface area contributed by atoms with Gasteiger partial charge in [0.2, 0.25) is 0 Å². The second-order valence-corrected chi connectivity index (χ2v) is 11.4. The monoisotopic (exact) mass is 532 g/mol. The highest BCUT2D eigenvalue weighted by Gasteiger charge is 2.55. The van der Waals surface area contributed by atoms with Crippen LogP contribution in [0.15, 0.2) is 76.4 Å². The lowest BCUT2D eigenvalue weighted by atomic mass is 9.98. The van der Waals surface area contributed by atoms with Crippen molar-refractivity contribution in [1.29, 1.82) is 0 Å². The fraction of sp³-hybridized carbons (Fsp3) is 0.385. The van der Waals surface area contributed by atoms with Crippen molar-refractivity contribution in [2.45, 2.75) is 51.0 Å². The number of nitrogens with zero attached hydrogens (tertiary/aromatic N) is 1. The predicted molar refractivity (Wildman–Crippen MR) is 135 cm³/mol. The average molecular weight is 533 g/mol. The quantitative estimate of drug-likeness (QED) is 0.384. The Balaban J connectivity index is 1.50. The normalized spacial score (nSPS) is 25.1. The van der Waals surface area contributed by atoms with Gasteiger partial charge in [-0.05, 0) is 37.0 Å². The number of benzene rings is 2. The van der Waals surface area contributed by atoms with Crippen molar-refractivity contribution in [3.8, 4) is 0 Å². The molecule has 2 aromatic carbocycles. The highest BCUT2D eigenvalue weighted by molar-refractivity contribution is 7.53. The minimum Gasteiger partial charge on any atom is -0.387 e. The van der Waals surface area contributed by atoms with Gasteiger partial charge in [0.05, 0.1) is 19.4 Å². The molecule has 0 aliphatic carbocycles. The molecule has 0 saturated carbocycles. The van der Waals surface area contributed by atoms with E-state index in [1.54, 1.807) is 0 Å². The van der Waals surface area contributed by atoms with E-state index >= 15 is 4.39 Å². The van der Waals surface area contributed by atoms with Crippen LogP contribution in [0.4, 0.5) is 4.39 Å². The minimum atomic E-state index is -3.73. The van der Waals surface area contributed by atoms with E-state index in [0.29, 0.717) is 6.42 Å². The van der Waals surface area contributed by atoms with E-state index in [1.165, 1.54) is 0 Å². The van der Waals surface area contributed by atoms with E-state index in [0.717, 1.165) is 40.4 Å². The van der Waals surface area contributed by atoms with E-state index < -0.39 is 49.6 Å². The van der Waals surface area contributed by atoms with Crippen LogP contribution in [0.2, 0.25) is 0 Å². The summed E-state index contributed by atoms with van der Waals surface area (Å²) in [5.74, 6) is 0. The Morgan fingerprint density at radius 2 is 1.81 bits per heavy atom. The largest absolute Gasteiger partial charge is 0.387 e. The molecule has 198 valence electrons. The van der Waals surface area contributed by atoms with Gasteiger partial charge < -0.3 is 18.9 Å². The van der Waals surface area contributed by atoms with Gasteiger partial charge >= 0.3 is 13.3 Å². The Hall–Kier alpha value is -2.88. The van der Waals surface area contributed by atoms with Crippen LogP contribution >= 0.6 is 7.60 Å². The standard InChI is InChI=1S/C26H30FN2O7P/c1-18-8-6-7-11-20(18)16-34-37(33,15-13-19-9-4-3-5-10-19)35-17-21-23(31)26(2,27)24(36-21)29-14-12-22(30)28-25(29)32/h3-12,14,21,23-24,31H,13,15-17H2,1-2H3,(H,28,30,32). The smallest absolute Gasteiger partial charge is 0.331 e. The molecule has 2 heterocycles. The molecule has 1 fully saturated rings. The van der Waals surface area contributed by atoms with Crippen LogP contribution in [0.5, 0.6) is 0 Å². The molecular formula is C26H30FN2O7P. The SMILES string of the molecule is Cc1ccccc1COP(=O)(CCc1ccccc1)OCC1OC(n2ccc(=O)[nH]c2=O)C(C)(F)C1O. The zero-order valence-corrected chi connectivity index (χ0v) is 21.5. The number of ether oxygens (including phenoxy) is 1. The molecule has 9 nitrogen and oxygen atoms in total. The molecular weight excluding hydrogens is 502 g/mol. The minimum absolute atomic E-state index is 0.0447. The van der Waals surface area contributed by atoms with Gasteiger partial charge in [0.15, 0.2) is 11.9 Å². The average Bonchev–Trinajstić information content (AvgIpc) is 3.10. The van der Waals surface area contributed by atoms with Crippen LogP contribution in [0.3, 0.4) is 0 Å². The number of rotatable bonds is 10. The summed E-state index contributed by atoms with van der Waals surface area (Å²) in [6.07, 6.45) is -2.91. The molecule has 5 unspecified atom stereocenters. The van der Waals surface area contributed by atoms with E-state index in [1.807, 2.05) is 66.5 Å². The molecule has 4 rings (SSSR count). The zero-order chi connectivity index (χ0) is 26.6. The number of aryl methyl sites for hydroxylation is 2. The Morgan fingerprint density at radius 3 is 2.51 bits per heavy atom. The third-order valence-electron chi connectivity index (χ3n) is 6.45. The van der Waals surface area contributed by atoms with Gasteiger partial charge in [-0.25, -0.2) is 9.18 Å². The highest BCUT2D eigenvalue weighted by atomic mass is 31.2. The maximum Gasteiger partial charge on any atom is 0.331 e. The Morgan fingerprint density at radius 1 is 1.11 bits per heavy atom. The molecule has 1 aromatic heterocycles. The third kappa shape index (κ3) is 6.34. The number of H-pyrrole nitrogens is 1.